The molecule has 2 aliphatic carbocycles. The van der Waals surface area contributed by atoms with E-state index in [9.17, 15) is 30.8 Å². The SMILES string of the molecule is Cc1cc(C)nc(-c2ccc3c(=O)n(-c4ccc(Cl)c5c(NS(C)(=O)=O)nn(C)c45)c([C@H](Cc4cc(F)cc(F)c4)NC(=O)Cn4nc(C(F)F)c5c4C(F)(F)[C@@H]4C[C@H]54)nc3c2)n1. The summed E-state index contributed by atoms with van der Waals surface area (Å²) in [6, 6.07) is 10.2. The van der Waals surface area contributed by atoms with Crippen LogP contribution in [0.1, 0.15) is 64.5 Å². The molecule has 0 aliphatic heterocycles. The number of alkyl halides is 4. The Morgan fingerprint density at radius 3 is 2.35 bits per heavy atom. The number of carbonyl (C=O) groups is 1. The van der Waals surface area contributed by atoms with Gasteiger partial charge in [-0.05, 0) is 74.2 Å². The Morgan fingerprint density at radius 2 is 1.68 bits per heavy atom. The van der Waals surface area contributed by atoms with Crippen LogP contribution in [0.5, 0.6) is 0 Å². The Bertz CT molecular complexity index is 3220. The van der Waals surface area contributed by atoms with Crippen LogP contribution in [0.25, 0.3) is 38.9 Å². The molecule has 0 spiro atoms. The van der Waals surface area contributed by atoms with E-state index in [4.69, 9.17) is 16.6 Å². The van der Waals surface area contributed by atoms with Gasteiger partial charge in [-0.3, -0.25) is 28.2 Å². The molecule has 3 aromatic carbocycles. The maximum absolute atomic E-state index is 15.5. The number of amides is 1. The first-order valence-corrected chi connectivity index (χ1v) is 21.5. The van der Waals surface area contributed by atoms with Crippen LogP contribution < -0.4 is 15.6 Å². The van der Waals surface area contributed by atoms with Crippen molar-refractivity contribution in [3.63, 3.8) is 0 Å². The Balaban J connectivity index is 1.26. The van der Waals surface area contributed by atoms with E-state index < -0.39 is 87.7 Å². The van der Waals surface area contributed by atoms with Crippen LogP contribution in [-0.2, 0) is 40.8 Å². The van der Waals surface area contributed by atoms with Gasteiger partial charge in [0.2, 0.25) is 15.9 Å². The average molecular weight is 911 g/mol. The molecule has 4 aromatic heterocycles. The first-order chi connectivity index (χ1) is 29.7. The molecule has 22 heteroatoms. The molecule has 0 bridgehead atoms. The van der Waals surface area contributed by atoms with Crippen molar-refractivity contribution in [2.45, 2.75) is 57.5 Å². The van der Waals surface area contributed by atoms with E-state index in [2.05, 4.69) is 30.2 Å². The highest BCUT2D eigenvalue weighted by Gasteiger charge is 2.67. The number of benzene rings is 3. The lowest BCUT2D eigenvalue weighted by molar-refractivity contribution is -0.123. The summed E-state index contributed by atoms with van der Waals surface area (Å²) in [5.41, 5.74) is -0.814. The highest BCUT2D eigenvalue weighted by molar-refractivity contribution is 7.92. The number of rotatable bonds is 11. The first kappa shape index (κ1) is 42.0. The topological polar surface area (TPSA) is 172 Å². The number of halogens is 7. The van der Waals surface area contributed by atoms with Gasteiger partial charge in [0.1, 0.15) is 35.4 Å². The van der Waals surface area contributed by atoms with Gasteiger partial charge >= 0.3 is 0 Å². The van der Waals surface area contributed by atoms with Gasteiger partial charge in [-0.2, -0.15) is 19.0 Å². The van der Waals surface area contributed by atoms with Crippen LogP contribution in [-0.4, -0.2) is 59.7 Å². The molecule has 9 rings (SSSR count). The molecule has 3 atom stereocenters. The van der Waals surface area contributed by atoms with Crippen LogP contribution in [0.3, 0.4) is 0 Å². The number of sulfonamides is 1. The normalized spacial score (nSPS) is 17.0. The monoisotopic (exact) mass is 910 g/mol. The summed E-state index contributed by atoms with van der Waals surface area (Å²) >= 11 is 6.64. The van der Waals surface area contributed by atoms with Gasteiger partial charge in [0.15, 0.2) is 11.6 Å². The molecule has 0 radical (unpaired) electrons. The smallest absolute Gasteiger partial charge is 0.293 e. The minimum Gasteiger partial charge on any atom is -0.344 e. The summed E-state index contributed by atoms with van der Waals surface area (Å²) in [5.74, 6) is -8.77. The molecular formula is C41H33ClF6N10O4S. The zero-order valence-corrected chi connectivity index (χ0v) is 35.0. The van der Waals surface area contributed by atoms with Gasteiger partial charge in [-0.25, -0.2) is 40.9 Å². The highest BCUT2D eigenvalue weighted by atomic mass is 35.5. The summed E-state index contributed by atoms with van der Waals surface area (Å²) in [6.45, 7) is 2.56. The number of hydrogen-bond acceptors (Lipinski definition) is 9. The number of aromatic nitrogens is 8. The van der Waals surface area contributed by atoms with Crippen LogP contribution in [0.4, 0.5) is 32.2 Å². The van der Waals surface area contributed by atoms with Gasteiger partial charge in [0.25, 0.3) is 17.9 Å². The van der Waals surface area contributed by atoms with Crippen molar-refractivity contribution in [3.05, 3.63) is 121 Å². The zero-order valence-electron chi connectivity index (χ0n) is 33.4. The van der Waals surface area contributed by atoms with Crippen molar-refractivity contribution < 1.29 is 39.6 Å². The molecule has 1 fully saturated rings. The fourth-order valence-corrected chi connectivity index (χ4v) is 9.31. The summed E-state index contributed by atoms with van der Waals surface area (Å²) < 4.78 is 119. The molecule has 1 amide bonds. The van der Waals surface area contributed by atoms with Crippen LogP contribution >= 0.6 is 11.6 Å². The third kappa shape index (κ3) is 7.45. The Labute approximate surface area is 358 Å². The van der Waals surface area contributed by atoms with Crippen LogP contribution in [0.2, 0.25) is 5.02 Å². The fraction of sp³-hybridized carbons (Fsp3) is 0.293. The molecule has 14 nitrogen and oxygen atoms in total. The van der Waals surface area contributed by atoms with Crippen molar-refractivity contribution >= 4 is 55.2 Å². The molecule has 2 aliphatic rings. The highest BCUT2D eigenvalue weighted by Crippen LogP contribution is 2.68. The van der Waals surface area contributed by atoms with Crippen molar-refractivity contribution in [2.75, 3.05) is 11.0 Å². The zero-order chi connectivity index (χ0) is 45.0. The maximum atomic E-state index is 15.5. The molecule has 326 valence electrons. The quantitative estimate of drug-likeness (QED) is 0.129. The van der Waals surface area contributed by atoms with Crippen molar-refractivity contribution in [3.8, 4) is 17.1 Å². The second kappa shape index (κ2) is 14.9. The lowest BCUT2D eigenvalue weighted by atomic mass is 10.0. The number of aryl methyl sites for hydroxylation is 3. The predicted octanol–water partition coefficient (Wildman–Crippen LogP) is 7.09. The molecule has 1 saturated carbocycles. The van der Waals surface area contributed by atoms with E-state index in [-0.39, 0.29) is 61.7 Å². The number of hydrogen-bond donors (Lipinski definition) is 2. The lowest BCUT2D eigenvalue weighted by Crippen LogP contribution is -2.38. The number of nitrogens with one attached hydrogen (secondary N) is 2. The molecule has 4 heterocycles. The molecule has 0 unspecified atom stereocenters. The first-order valence-electron chi connectivity index (χ1n) is 19.2. The van der Waals surface area contributed by atoms with Crippen LogP contribution in [0.15, 0.2) is 59.4 Å². The van der Waals surface area contributed by atoms with E-state index in [1.165, 1.54) is 36.0 Å². The Hall–Kier alpha value is -6.35. The largest absolute Gasteiger partial charge is 0.344 e. The third-order valence-electron chi connectivity index (χ3n) is 11.0. The van der Waals surface area contributed by atoms with Gasteiger partial charge in [-0.15, -0.1) is 0 Å². The third-order valence-corrected chi connectivity index (χ3v) is 11.9. The molecule has 7 aromatic rings. The number of fused-ring (bicyclic) bond motifs is 5. The second-order valence-corrected chi connectivity index (χ2v) is 17.9. The molecular weight excluding hydrogens is 878 g/mol. The minimum absolute atomic E-state index is 0.00714. The summed E-state index contributed by atoms with van der Waals surface area (Å²) in [7, 11) is -2.46. The number of anilines is 1. The minimum atomic E-state index is -3.92. The standard InChI is InChI=1S/C41H33ClF6N10O4S/c1-17-9-18(2)50-37(49-17)20-5-6-23-27(13-20)52-39(58(40(23)60)29-8-7-26(42)32-34(29)56(3)54-38(32)55-63(4,61)62)28(12-19-10-21(43)14-22(44)11-19)51-30(59)16-57-35-31(33(53-57)36(45)46)24-15-25(24)41(35,47)48/h5-11,13-14,24-25,28,36H,12,15-16H2,1-4H3,(H,51,59)(H,54,55)/t24-,25+,28-/m0/s1. The summed E-state index contributed by atoms with van der Waals surface area (Å²) in [4.78, 5) is 43.1. The van der Waals surface area contributed by atoms with E-state index >= 15 is 13.6 Å². The van der Waals surface area contributed by atoms with Crippen molar-refractivity contribution in [1.29, 1.82) is 0 Å². The fourth-order valence-electron chi connectivity index (χ4n) is 8.57. The van der Waals surface area contributed by atoms with Gasteiger partial charge < -0.3 is 5.32 Å². The summed E-state index contributed by atoms with van der Waals surface area (Å²) in [5, 5.41) is 10.8. The van der Waals surface area contributed by atoms with Gasteiger partial charge in [0, 0.05) is 48.0 Å². The van der Waals surface area contributed by atoms with Crippen molar-refractivity contribution in [1.82, 2.24) is 44.4 Å². The van der Waals surface area contributed by atoms with E-state index in [0.29, 0.717) is 33.5 Å². The number of carbonyl (C=O) groups excluding carboxylic acids is 1. The Morgan fingerprint density at radius 1 is 0.984 bits per heavy atom. The molecule has 2 N–H and O–H groups in total. The average Bonchev–Trinajstić information content (AvgIpc) is 3.72. The number of nitrogens with zero attached hydrogens (tertiary/aromatic N) is 8. The van der Waals surface area contributed by atoms with E-state index in [1.54, 1.807) is 26.0 Å². The second-order valence-electron chi connectivity index (χ2n) is 15.7. The van der Waals surface area contributed by atoms with Crippen LogP contribution in [0, 0.1) is 31.4 Å². The Kier molecular flexibility index (Phi) is 9.92. The lowest BCUT2D eigenvalue weighted by Gasteiger charge is -2.24. The predicted molar refractivity (Wildman–Crippen MR) is 218 cm³/mol. The van der Waals surface area contributed by atoms with Gasteiger partial charge in [0.05, 0.1) is 44.8 Å². The van der Waals surface area contributed by atoms with Gasteiger partial charge in [-0.1, -0.05) is 17.7 Å². The van der Waals surface area contributed by atoms with E-state index in [1.807, 2.05) is 0 Å². The van der Waals surface area contributed by atoms with Crippen molar-refractivity contribution in [2.24, 2.45) is 13.0 Å². The molecule has 63 heavy (non-hydrogen) atoms. The maximum Gasteiger partial charge on any atom is 0.293 e. The molecule has 0 saturated heterocycles. The van der Waals surface area contributed by atoms with E-state index in [0.717, 1.165) is 23.0 Å². The summed E-state index contributed by atoms with van der Waals surface area (Å²) in [6.07, 6.45) is -2.79.